The summed E-state index contributed by atoms with van der Waals surface area (Å²) in [5.41, 5.74) is 7.15. The number of hydrogen-bond donors (Lipinski definition) is 1. The Bertz CT molecular complexity index is 922. The average molecular weight is 338 g/mol. The fraction of sp³-hybridized carbons (Fsp3) is 0.158. The van der Waals surface area contributed by atoms with E-state index in [9.17, 15) is 0 Å². The molecular formula is C19H16ClN3O. The maximum Gasteiger partial charge on any atom is 0.135 e. The number of ether oxygens (including phenoxy) is 1. The second-order valence-corrected chi connectivity index (χ2v) is 6.09. The highest BCUT2D eigenvalue weighted by molar-refractivity contribution is 6.30. The number of nitrogens with zero attached hydrogens (tertiary/aromatic N) is 2. The van der Waals surface area contributed by atoms with Crippen LogP contribution in [0.2, 0.25) is 5.15 Å². The van der Waals surface area contributed by atoms with Crippen LogP contribution in [-0.4, -0.2) is 17.8 Å². The molecule has 4 rings (SSSR count). The maximum absolute atomic E-state index is 6.40. The van der Waals surface area contributed by atoms with E-state index in [1.165, 1.54) is 0 Å². The zero-order valence-corrected chi connectivity index (χ0v) is 13.9. The molecular weight excluding hydrogens is 322 g/mol. The van der Waals surface area contributed by atoms with Gasteiger partial charge in [-0.2, -0.15) is 5.10 Å². The van der Waals surface area contributed by atoms with E-state index in [-0.39, 0.29) is 6.04 Å². The number of methoxy groups -OCH3 is 1. The van der Waals surface area contributed by atoms with E-state index in [1.807, 2.05) is 48.5 Å². The topological polar surface area (TPSA) is 46.5 Å². The normalized spacial score (nSPS) is 16.8. The van der Waals surface area contributed by atoms with E-state index < -0.39 is 0 Å². The Labute approximate surface area is 145 Å². The van der Waals surface area contributed by atoms with Crippen molar-refractivity contribution in [3.63, 3.8) is 0 Å². The summed E-state index contributed by atoms with van der Waals surface area (Å²) in [5, 5.41) is 6.09. The first-order valence-electron chi connectivity index (χ1n) is 7.76. The molecule has 0 amide bonds. The number of hydrazone groups is 1. The maximum atomic E-state index is 6.40. The summed E-state index contributed by atoms with van der Waals surface area (Å²) in [7, 11) is 1.66. The summed E-state index contributed by atoms with van der Waals surface area (Å²) in [6.07, 6.45) is 0.770. The molecule has 2 heterocycles. The Morgan fingerprint density at radius 3 is 2.71 bits per heavy atom. The molecule has 4 nitrogen and oxygen atoms in total. The highest BCUT2D eigenvalue weighted by Gasteiger charge is 2.24. The monoisotopic (exact) mass is 337 g/mol. The quantitative estimate of drug-likeness (QED) is 0.723. The molecule has 0 saturated carbocycles. The van der Waals surface area contributed by atoms with Crippen molar-refractivity contribution in [2.45, 2.75) is 12.5 Å². The Hall–Kier alpha value is -2.59. The minimum Gasteiger partial charge on any atom is -0.497 e. The van der Waals surface area contributed by atoms with Crippen LogP contribution in [0.15, 0.2) is 59.7 Å². The second-order valence-electron chi connectivity index (χ2n) is 5.73. The number of rotatable bonds is 3. The first-order valence-corrected chi connectivity index (χ1v) is 8.14. The van der Waals surface area contributed by atoms with Gasteiger partial charge in [-0.1, -0.05) is 29.8 Å². The van der Waals surface area contributed by atoms with Gasteiger partial charge >= 0.3 is 0 Å². The molecule has 1 aliphatic rings. The molecule has 1 atom stereocenters. The van der Waals surface area contributed by atoms with Gasteiger partial charge in [-0.05, 0) is 42.0 Å². The number of para-hydroxylation sites is 1. The first kappa shape index (κ1) is 15.0. The molecule has 0 radical (unpaired) electrons. The Morgan fingerprint density at radius 2 is 1.92 bits per heavy atom. The van der Waals surface area contributed by atoms with Crippen LogP contribution in [0.5, 0.6) is 5.75 Å². The number of benzene rings is 2. The smallest absolute Gasteiger partial charge is 0.135 e. The van der Waals surface area contributed by atoms with Gasteiger partial charge in [-0.25, -0.2) is 4.98 Å². The van der Waals surface area contributed by atoms with E-state index in [2.05, 4.69) is 21.6 Å². The van der Waals surface area contributed by atoms with Crippen LogP contribution >= 0.6 is 11.6 Å². The minimum atomic E-state index is 0.0340. The highest BCUT2D eigenvalue weighted by atomic mass is 35.5. The lowest BCUT2D eigenvalue weighted by molar-refractivity contribution is 0.415. The fourth-order valence-electron chi connectivity index (χ4n) is 2.94. The van der Waals surface area contributed by atoms with Gasteiger partial charge in [0.1, 0.15) is 10.9 Å². The summed E-state index contributed by atoms with van der Waals surface area (Å²) < 4.78 is 5.20. The van der Waals surface area contributed by atoms with E-state index in [0.29, 0.717) is 5.15 Å². The largest absolute Gasteiger partial charge is 0.497 e. The number of nitrogens with one attached hydrogen (secondary N) is 1. The number of hydrogen-bond acceptors (Lipinski definition) is 4. The number of fused-ring (bicyclic) bond motifs is 1. The van der Waals surface area contributed by atoms with Crippen LogP contribution in [0.1, 0.15) is 23.6 Å². The van der Waals surface area contributed by atoms with Crippen LogP contribution in [0.3, 0.4) is 0 Å². The third-order valence-electron chi connectivity index (χ3n) is 4.26. The molecule has 24 heavy (non-hydrogen) atoms. The molecule has 0 saturated heterocycles. The predicted octanol–water partition coefficient (Wildman–Crippen LogP) is 4.34. The van der Waals surface area contributed by atoms with Gasteiger partial charge in [0.2, 0.25) is 0 Å². The van der Waals surface area contributed by atoms with Crippen LogP contribution in [-0.2, 0) is 0 Å². The van der Waals surface area contributed by atoms with E-state index >= 15 is 0 Å². The Morgan fingerprint density at radius 1 is 1.12 bits per heavy atom. The van der Waals surface area contributed by atoms with Crippen molar-refractivity contribution in [3.05, 3.63) is 70.9 Å². The van der Waals surface area contributed by atoms with E-state index in [1.54, 1.807) is 7.11 Å². The molecule has 0 spiro atoms. The van der Waals surface area contributed by atoms with Crippen molar-refractivity contribution < 1.29 is 4.74 Å². The van der Waals surface area contributed by atoms with E-state index in [0.717, 1.165) is 39.9 Å². The Balaban J connectivity index is 1.60. The zero-order chi connectivity index (χ0) is 16.5. The van der Waals surface area contributed by atoms with Crippen molar-refractivity contribution in [3.8, 4) is 5.75 Å². The zero-order valence-electron chi connectivity index (χ0n) is 13.2. The number of aromatic nitrogens is 1. The van der Waals surface area contributed by atoms with Gasteiger partial charge in [0.15, 0.2) is 0 Å². The lowest BCUT2D eigenvalue weighted by Gasteiger charge is -2.13. The summed E-state index contributed by atoms with van der Waals surface area (Å²) in [5.74, 6) is 0.837. The highest BCUT2D eigenvalue weighted by Crippen LogP contribution is 2.31. The van der Waals surface area contributed by atoms with Gasteiger partial charge in [0.25, 0.3) is 0 Å². The third kappa shape index (κ3) is 2.69. The van der Waals surface area contributed by atoms with Crippen molar-refractivity contribution >= 4 is 28.2 Å². The molecule has 2 aromatic carbocycles. The van der Waals surface area contributed by atoms with Crippen molar-refractivity contribution in [1.29, 1.82) is 0 Å². The van der Waals surface area contributed by atoms with Crippen molar-refractivity contribution in [2.24, 2.45) is 5.10 Å². The van der Waals surface area contributed by atoms with E-state index in [4.69, 9.17) is 16.3 Å². The lowest BCUT2D eigenvalue weighted by atomic mass is 9.99. The van der Waals surface area contributed by atoms with Gasteiger partial charge < -0.3 is 10.2 Å². The van der Waals surface area contributed by atoms with Gasteiger partial charge in [-0.15, -0.1) is 0 Å². The molecule has 0 unspecified atom stereocenters. The van der Waals surface area contributed by atoms with Crippen LogP contribution in [0, 0.1) is 0 Å². The van der Waals surface area contributed by atoms with Crippen LogP contribution in [0.25, 0.3) is 10.9 Å². The number of pyridine rings is 1. The summed E-state index contributed by atoms with van der Waals surface area (Å²) in [6.45, 7) is 0. The molecule has 3 aromatic rings. The number of halogens is 1. The van der Waals surface area contributed by atoms with Crippen LogP contribution in [0.4, 0.5) is 0 Å². The predicted molar refractivity (Wildman–Crippen MR) is 96.8 cm³/mol. The average Bonchev–Trinajstić information content (AvgIpc) is 3.11. The second kappa shape index (κ2) is 6.13. The fourth-order valence-corrected chi connectivity index (χ4v) is 3.22. The van der Waals surface area contributed by atoms with Crippen molar-refractivity contribution in [1.82, 2.24) is 10.4 Å². The standard InChI is InChI=1S/C19H16ClN3O/c1-24-14-8-6-12(7-9-14)17-11-18(23-22-17)15-10-13-4-2-3-5-16(13)21-19(15)20/h2-10,18,23H,11H2,1H3/t18-/m1/s1. The molecule has 5 heteroatoms. The molecule has 1 aromatic heterocycles. The minimum absolute atomic E-state index is 0.0340. The molecule has 0 fully saturated rings. The van der Waals surface area contributed by atoms with Gasteiger partial charge in [0, 0.05) is 17.4 Å². The Kier molecular flexibility index (Phi) is 3.82. The van der Waals surface area contributed by atoms with Crippen LogP contribution < -0.4 is 10.2 Å². The first-order chi connectivity index (χ1) is 11.7. The third-order valence-corrected chi connectivity index (χ3v) is 4.56. The molecule has 0 aliphatic carbocycles. The molecule has 1 N–H and O–H groups in total. The molecule has 120 valence electrons. The SMILES string of the molecule is COc1ccc(C2=NN[C@@H](c3cc4ccccc4nc3Cl)C2)cc1. The molecule has 0 bridgehead atoms. The molecule has 1 aliphatic heterocycles. The van der Waals surface area contributed by atoms with Crippen molar-refractivity contribution in [2.75, 3.05) is 7.11 Å². The van der Waals surface area contributed by atoms with Gasteiger partial charge in [0.05, 0.1) is 24.4 Å². The lowest BCUT2D eigenvalue weighted by Crippen LogP contribution is -2.11. The summed E-state index contributed by atoms with van der Waals surface area (Å²) in [4.78, 5) is 4.50. The summed E-state index contributed by atoms with van der Waals surface area (Å²) >= 11 is 6.40. The summed E-state index contributed by atoms with van der Waals surface area (Å²) in [6, 6.07) is 18.0. The van der Waals surface area contributed by atoms with Gasteiger partial charge in [-0.3, -0.25) is 0 Å².